The number of aromatic nitrogens is 1. The fourth-order valence-electron chi connectivity index (χ4n) is 8.61. The van der Waals surface area contributed by atoms with Crippen molar-refractivity contribution in [2.45, 2.75) is 112 Å². The van der Waals surface area contributed by atoms with Crippen molar-refractivity contribution in [2.75, 3.05) is 31.1 Å². The van der Waals surface area contributed by atoms with Crippen LogP contribution in [0.4, 0.5) is 5.69 Å². The average molecular weight is 588 g/mol. The number of hydrogen-bond acceptors (Lipinski definition) is 5. The number of fused-ring (bicyclic) bond motifs is 3. The van der Waals surface area contributed by atoms with Crippen molar-refractivity contribution in [1.29, 1.82) is 0 Å². The van der Waals surface area contributed by atoms with E-state index < -0.39 is 17.7 Å². The summed E-state index contributed by atoms with van der Waals surface area (Å²) in [5.74, 6) is 1.90. The van der Waals surface area contributed by atoms with Gasteiger partial charge in [-0.25, -0.2) is 4.79 Å². The zero-order chi connectivity index (χ0) is 30.7. The molecular formula is C37H53N3O3. The van der Waals surface area contributed by atoms with E-state index in [2.05, 4.69) is 48.8 Å². The Balaban J connectivity index is 1.37. The zero-order valence-corrected chi connectivity index (χ0v) is 27.6. The smallest absolute Gasteiger partial charge is 0.337 e. The van der Waals surface area contributed by atoms with Crippen LogP contribution >= 0.6 is 0 Å². The van der Waals surface area contributed by atoms with Crippen LogP contribution < -0.4 is 4.90 Å². The number of aliphatic carboxylic acids is 1. The molecule has 4 atom stereocenters. The van der Waals surface area contributed by atoms with Crippen molar-refractivity contribution < 1.29 is 14.6 Å². The van der Waals surface area contributed by atoms with E-state index in [0.29, 0.717) is 5.56 Å². The predicted molar refractivity (Wildman–Crippen MR) is 174 cm³/mol. The highest BCUT2D eigenvalue weighted by atomic mass is 16.5. The minimum absolute atomic E-state index is 0.276. The van der Waals surface area contributed by atoms with E-state index in [1.807, 2.05) is 27.7 Å². The summed E-state index contributed by atoms with van der Waals surface area (Å²) in [6.45, 7) is 19.7. The van der Waals surface area contributed by atoms with Gasteiger partial charge in [-0.2, -0.15) is 0 Å². The van der Waals surface area contributed by atoms with E-state index in [4.69, 9.17) is 9.72 Å². The molecule has 2 aromatic rings. The van der Waals surface area contributed by atoms with Crippen molar-refractivity contribution in [3.05, 3.63) is 46.3 Å². The minimum atomic E-state index is -1.09. The van der Waals surface area contributed by atoms with Gasteiger partial charge in [-0.1, -0.05) is 38.5 Å². The summed E-state index contributed by atoms with van der Waals surface area (Å²) in [4.78, 5) is 22.9. The van der Waals surface area contributed by atoms with Crippen LogP contribution in [0.15, 0.2) is 18.2 Å². The first-order valence-corrected chi connectivity index (χ1v) is 16.8. The highest BCUT2D eigenvalue weighted by Gasteiger charge is 2.40. The second-order valence-corrected chi connectivity index (χ2v) is 15.9. The Morgan fingerprint density at radius 1 is 1.07 bits per heavy atom. The number of ether oxygens (including phenoxy) is 1. The van der Waals surface area contributed by atoms with Crippen molar-refractivity contribution in [3.63, 3.8) is 0 Å². The first-order chi connectivity index (χ1) is 20.3. The predicted octanol–water partition coefficient (Wildman–Crippen LogP) is 7.73. The van der Waals surface area contributed by atoms with Gasteiger partial charge >= 0.3 is 5.97 Å². The van der Waals surface area contributed by atoms with E-state index in [1.54, 1.807) is 0 Å². The van der Waals surface area contributed by atoms with Crippen LogP contribution in [0.25, 0.3) is 11.1 Å². The van der Waals surface area contributed by atoms with Crippen molar-refractivity contribution in [1.82, 2.24) is 9.88 Å². The molecule has 3 fully saturated rings. The summed E-state index contributed by atoms with van der Waals surface area (Å²) in [5.41, 5.74) is 8.15. The Labute approximate surface area is 259 Å². The third kappa shape index (κ3) is 6.38. The minimum Gasteiger partial charge on any atom is -0.479 e. The topological polar surface area (TPSA) is 65.9 Å². The van der Waals surface area contributed by atoms with Gasteiger partial charge in [0.2, 0.25) is 0 Å². The van der Waals surface area contributed by atoms with E-state index in [1.165, 1.54) is 43.4 Å². The molecular weight excluding hydrogens is 534 g/mol. The average Bonchev–Trinajstić information content (AvgIpc) is 3.54. The number of benzene rings is 1. The summed E-state index contributed by atoms with van der Waals surface area (Å²) in [5, 5.41) is 10.5. The molecule has 0 radical (unpaired) electrons. The number of carboxylic acids is 1. The van der Waals surface area contributed by atoms with E-state index >= 15 is 0 Å². The van der Waals surface area contributed by atoms with Crippen LogP contribution in [0.2, 0.25) is 0 Å². The number of anilines is 1. The standard InChI is InChI=1S/C37H53N3O3/c1-23-31(28-10-11-29-21-39(15-12-27(29)20-28)22-30-19-25-8-9-26(30)18-25)33(40-16-13-37(6,7)14-17-40)32(24(2)38-23)34(35(41)42)43-36(3,4)5/h10-11,20,25-26,30,34H,8-9,12-19,21-22H2,1-7H3,(H,41,42)/t25-,26+,30?,34+/m1/s1. The van der Waals surface area contributed by atoms with Gasteiger partial charge in [0.1, 0.15) is 0 Å². The lowest BCUT2D eigenvalue weighted by Crippen LogP contribution is -2.39. The number of carbonyl (C=O) groups is 1. The van der Waals surface area contributed by atoms with Crippen LogP contribution in [0.3, 0.4) is 0 Å². The molecule has 1 N–H and O–H groups in total. The Morgan fingerprint density at radius 2 is 1.81 bits per heavy atom. The molecule has 1 aromatic heterocycles. The number of pyridine rings is 1. The van der Waals surface area contributed by atoms with Crippen molar-refractivity contribution >= 4 is 11.7 Å². The molecule has 6 heteroatoms. The molecule has 4 aliphatic rings. The van der Waals surface area contributed by atoms with E-state index in [9.17, 15) is 9.90 Å². The second-order valence-electron chi connectivity index (χ2n) is 15.9. The highest BCUT2D eigenvalue weighted by molar-refractivity contribution is 5.88. The van der Waals surface area contributed by atoms with Crippen LogP contribution in [-0.4, -0.2) is 52.7 Å². The van der Waals surface area contributed by atoms with Gasteiger partial charge in [0.25, 0.3) is 0 Å². The highest BCUT2D eigenvalue weighted by Crippen LogP contribution is 2.49. The largest absolute Gasteiger partial charge is 0.479 e. The number of hydrogen-bond donors (Lipinski definition) is 1. The lowest BCUT2D eigenvalue weighted by atomic mass is 9.81. The second kappa shape index (κ2) is 11.5. The maximum atomic E-state index is 12.8. The molecule has 6 nitrogen and oxygen atoms in total. The normalized spacial score (nSPS) is 26.0. The SMILES string of the molecule is Cc1nc(C)c([C@H](OC(C)(C)C)C(=O)O)c(N2CCC(C)(C)CC2)c1-c1ccc2c(c1)CCN(CC1C[C@@H]3CC[C@H]1C3)C2. The van der Waals surface area contributed by atoms with E-state index in [0.717, 1.165) is 91.4 Å². The summed E-state index contributed by atoms with van der Waals surface area (Å²) in [6, 6.07) is 6.98. The molecule has 3 heterocycles. The zero-order valence-electron chi connectivity index (χ0n) is 27.6. The third-order valence-corrected chi connectivity index (χ3v) is 10.9. The molecule has 6 rings (SSSR count). The van der Waals surface area contributed by atoms with Crippen LogP contribution in [0, 0.1) is 37.0 Å². The van der Waals surface area contributed by atoms with Crippen molar-refractivity contribution in [3.8, 4) is 11.1 Å². The van der Waals surface area contributed by atoms with Gasteiger partial charge in [-0.3, -0.25) is 9.88 Å². The molecule has 2 aliphatic carbocycles. The van der Waals surface area contributed by atoms with Crippen molar-refractivity contribution in [2.24, 2.45) is 23.2 Å². The number of carboxylic acid groups (broad SMARTS) is 1. The number of nitrogens with zero attached hydrogens (tertiary/aromatic N) is 3. The Morgan fingerprint density at radius 3 is 2.44 bits per heavy atom. The fourth-order valence-corrected chi connectivity index (χ4v) is 8.61. The quantitative estimate of drug-likeness (QED) is 0.358. The lowest BCUT2D eigenvalue weighted by Gasteiger charge is -2.41. The first-order valence-electron chi connectivity index (χ1n) is 16.8. The van der Waals surface area contributed by atoms with Gasteiger partial charge in [0.15, 0.2) is 6.10 Å². The summed E-state index contributed by atoms with van der Waals surface area (Å²) < 4.78 is 6.27. The molecule has 2 bridgehead atoms. The van der Waals surface area contributed by atoms with Gasteiger partial charge in [0, 0.05) is 55.2 Å². The maximum Gasteiger partial charge on any atom is 0.337 e. The molecule has 2 saturated carbocycles. The monoisotopic (exact) mass is 587 g/mol. The third-order valence-electron chi connectivity index (χ3n) is 10.9. The lowest BCUT2D eigenvalue weighted by molar-refractivity contribution is -0.160. The van der Waals surface area contributed by atoms with Crippen LogP contribution in [0.5, 0.6) is 0 Å². The molecule has 1 saturated heterocycles. The number of rotatable bonds is 7. The molecule has 0 spiro atoms. The Kier molecular flexibility index (Phi) is 8.17. The van der Waals surface area contributed by atoms with Crippen LogP contribution in [0.1, 0.15) is 107 Å². The molecule has 234 valence electrons. The van der Waals surface area contributed by atoms with E-state index in [-0.39, 0.29) is 5.41 Å². The van der Waals surface area contributed by atoms with Crippen LogP contribution in [-0.2, 0) is 22.5 Å². The van der Waals surface area contributed by atoms with Gasteiger partial charge in [-0.05, 0) is 113 Å². The molecule has 43 heavy (non-hydrogen) atoms. The molecule has 1 unspecified atom stereocenters. The maximum absolute atomic E-state index is 12.8. The van der Waals surface area contributed by atoms with Gasteiger partial charge in [0.05, 0.1) is 11.3 Å². The summed E-state index contributed by atoms with van der Waals surface area (Å²) >= 11 is 0. The summed E-state index contributed by atoms with van der Waals surface area (Å²) in [7, 11) is 0. The summed E-state index contributed by atoms with van der Waals surface area (Å²) in [6.07, 6.45) is 7.94. The number of aryl methyl sites for hydroxylation is 2. The Bertz CT molecular complexity index is 1370. The molecule has 2 aliphatic heterocycles. The Hall–Kier alpha value is -2.44. The molecule has 0 amide bonds. The molecule has 1 aromatic carbocycles. The fraction of sp³-hybridized carbons (Fsp3) is 0.676. The first kappa shape index (κ1) is 30.6. The van der Waals surface area contributed by atoms with Gasteiger partial charge in [-0.15, -0.1) is 0 Å². The van der Waals surface area contributed by atoms with Gasteiger partial charge < -0.3 is 14.7 Å². The number of piperidine rings is 1.